The molecule has 1 aromatic rings. The predicted octanol–water partition coefficient (Wildman–Crippen LogP) is 1.99. The monoisotopic (exact) mass is 291 g/mol. The first kappa shape index (κ1) is 17.2. The molecular formula is C16H25N3O2. The molecule has 2 N–H and O–H groups in total. The standard InChI is InChI=1S/C16H25N3O2/c1-4-5-9-15(17-12-20)16(21)18-14-8-6-7-13(10-14)11-19(2)3/h6-8,10,12,15H,4-5,9,11H2,1-3H3,(H,17,20)(H,18,21). The van der Waals surface area contributed by atoms with E-state index in [1.807, 2.05) is 38.4 Å². The Labute approximate surface area is 126 Å². The third kappa shape index (κ3) is 6.40. The molecule has 1 aromatic carbocycles. The van der Waals surface area contributed by atoms with Gasteiger partial charge in [0.1, 0.15) is 6.04 Å². The van der Waals surface area contributed by atoms with Crippen LogP contribution in [0.5, 0.6) is 0 Å². The zero-order valence-corrected chi connectivity index (χ0v) is 13.1. The summed E-state index contributed by atoms with van der Waals surface area (Å²) in [5.74, 6) is -0.169. The topological polar surface area (TPSA) is 61.4 Å². The minimum atomic E-state index is -0.472. The van der Waals surface area contributed by atoms with Gasteiger partial charge in [-0.05, 0) is 38.2 Å². The lowest BCUT2D eigenvalue weighted by Crippen LogP contribution is -2.39. The van der Waals surface area contributed by atoms with Crippen molar-refractivity contribution in [1.82, 2.24) is 10.2 Å². The number of anilines is 1. The minimum absolute atomic E-state index is 0.169. The number of hydrogen-bond donors (Lipinski definition) is 2. The predicted molar refractivity (Wildman–Crippen MR) is 85.0 cm³/mol. The average molecular weight is 291 g/mol. The Morgan fingerprint density at radius 2 is 2.14 bits per heavy atom. The van der Waals surface area contributed by atoms with Gasteiger partial charge in [-0.1, -0.05) is 31.9 Å². The Kier molecular flexibility index (Phi) is 7.46. The average Bonchev–Trinajstić information content (AvgIpc) is 2.43. The van der Waals surface area contributed by atoms with Crippen molar-refractivity contribution in [2.24, 2.45) is 0 Å². The molecule has 0 aliphatic carbocycles. The van der Waals surface area contributed by atoms with E-state index in [2.05, 4.69) is 22.5 Å². The highest BCUT2D eigenvalue weighted by molar-refractivity contribution is 5.95. The zero-order chi connectivity index (χ0) is 15.7. The van der Waals surface area contributed by atoms with E-state index in [9.17, 15) is 9.59 Å². The van der Waals surface area contributed by atoms with Crippen molar-refractivity contribution in [3.8, 4) is 0 Å². The molecule has 1 unspecified atom stereocenters. The quantitative estimate of drug-likeness (QED) is 0.684. The lowest BCUT2D eigenvalue weighted by Gasteiger charge is -2.16. The Bertz CT molecular complexity index is 461. The number of rotatable bonds is 9. The van der Waals surface area contributed by atoms with E-state index in [1.54, 1.807) is 0 Å². The molecule has 0 spiro atoms. The van der Waals surface area contributed by atoms with Crippen LogP contribution in [0, 0.1) is 0 Å². The second-order valence-corrected chi connectivity index (χ2v) is 5.41. The number of nitrogens with zero attached hydrogens (tertiary/aromatic N) is 1. The van der Waals surface area contributed by atoms with Gasteiger partial charge in [-0.2, -0.15) is 0 Å². The maximum atomic E-state index is 12.2. The summed E-state index contributed by atoms with van der Waals surface area (Å²) in [7, 11) is 4.00. The lowest BCUT2D eigenvalue weighted by molar-refractivity contribution is -0.121. The van der Waals surface area contributed by atoms with Gasteiger partial charge in [0, 0.05) is 12.2 Å². The number of carbonyl (C=O) groups excluding carboxylic acids is 2. The number of nitrogens with one attached hydrogen (secondary N) is 2. The molecule has 1 atom stereocenters. The Morgan fingerprint density at radius 3 is 2.76 bits per heavy atom. The van der Waals surface area contributed by atoms with Gasteiger partial charge in [-0.3, -0.25) is 9.59 Å². The minimum Gasteiger partial charge on any atom is -0.347 e. The third-order valence-electron chi connectivity index (χ3n) is 3.13. The molecule has 0 bridgehead atoms. The Hall–Kier alpha value is -1.88. The molecule has 0 aromatic heterocycles. The molecule has 0 radical (unpaired) electrons. The maximum absolute atomic E-state index is 12.2. The van der Waals surface area contributed by atoms with Gasteiger partial charge < -0.3 is 15.5 Å². The van der Waals surface area contributed by atoms with E-state index < -0.39 is 6.04 Å². The fourth-order valence-corrected chi connectivity index (χ4v) is 2.12. The van der Waals surface area contributed by atoms with Crippen molar-refractivity contribution < 1.29 is 9.59 Å². The highest BCUT2D eigenvalue weighted by Gasteiger charge is 2.17. The summed E-state index contributed by atoms with van der Waals surface area (Å²) in [6.07, 6.45) is 3.13. The van der Waals surface area contributed by atoms with Crippen molar-refractivity contribution >= 4 is 18.0 Å². The summed E-state index contributed by atoms with van der Waals surface area (Å²) in [5.41, 5.74) is 1.89. The van der Waals surface area contributed by atoms with Crippen LogP contribution in [-0.4, -0.2) is 37.4 Å². The third-order valence-corrected chi connectivity index (χ3v) is 3.13. The van der Waals surface area contributed by atoms with Crippen LogP contribution >= 0.6 is 0 Å². The molecule has 21 heavy (non-hydrogen) atoms. The molecule has 0 fully saturated rings. The fourth-order valence-electron chi connectivity index (χ4n) is 2.12. The van der Waals surface area contributed by atoms with Gasteiger partial charge >= 0.3 is 0 Å². The largest absolute Gasteiger partial charge is 0.347 e. The SMILES string of the molecule is CCCCC(NC=O)C(=O)Nc1cccc(CN(C)C)c1. The van der Waals surface area contributed by atoms with E-state index in [1.165, 1.54) is 0 Å². The highest BCUT2D eigenvalue weighted by atomic mass is 16.2. The zero-order valence-electron chi connectivity index (χ0n) is 13.1. The van der Waals surface area contributed by atoms with Crippen LogP contribution in [0.3, 0.4) is 0 Å². The first-order valence-electron chi connectivity index (χ1n) is 7.31. The number of carbonyl (C=O) groups is 2. The van der Waals surface area contributed by atoms with Crippen LogP contribution in [0.1, 0.15) is 31.7 Å². The van der Waals surface area contributed by atoms with Gasteiger partial charge in [0.2, 0.25) is 12.3 Å². The van der Waals surface area contributed by atoms with E-state index in [0.717, 1.165) is 30.6 Å². The first-order chi connectivity index (χ1) is 10.1. The highest BCUT2D eigenvalue weighted by Crippen LogP contribution is 2.13. The molecule has 0 heterocycles. The van der Waals surface area contributed by atoms with Crippen molar-refractivity contribution in [2.45, 2.75) is 38.8 Å². The fraction of sp³-hybridized carbons (Fsp3) is 0.500. The second-order valence-electron chi connectivity index (χ2n) is 5.41. The summed E-state index contributed by atoms with van der Waals surface area (Å²) >= 11 is 0. The van der Waals surface area contributed by atoms with Crippen LogP contribution in [-0.2, 0) is 16.1 Å². The van der Waals surface area contributed by atoms with E-state index in [-0.39, 0.29) is 5.91 Å². The van der Waals surface area contributed by atoms with Gasteiger partial charge in [0.25, 0.3) is 0 Å². The summed E-state index contributed by atoms with van der Waals surface area (Å²) < 4.78 is 0. The Balaban J connectivity index is 2.68. The van der Waals surface area contributed by atoms with Gasteiger partial charge in [-0.25, -0.2) is 0 Å². The summed E-state index contributed by atoms with van der Waals surface area (Å²) in [6.45, 7) is 2.87. The molecule has 5 nitrogen and oxygen atoms in total. The second kappa shape index (κ2) is 9.13. The van der Waals surface area contributed by atoms with Crippen LogP contribution in [0.25, 0.3) is 0 Å². The Morgan fingerprint density at radius 1 is 1.38 bits per heavy atom. The van der Waals surface area contributed by atoms with Crippen LogP contribution < -0.4 is 10.6 Å². The van der Waals surface area contributed by atoms with Crippen molar-refractivity contribution in [3.05, 3.63) is 29.8 Å². The molecule has 116 valence electrons. The van der Waals surface area contributed by atoms with Crippen LogP contribution in [0.4, 0.5) is 5.69 Å². The number of amides is 2. The van der Waals surface area contributed by atoms with Crippen LogP contribution in [0.15, 0.2) is 24.3 Å². The molecule has 0 aliphatic heterocycles. The number of benzene rings is 1. The normalized spacial score (nSPS) is 12.0. The molecule has 0 saturated carbocycles. The number of unbranched alkanes of at least 4 members (excludes halogenated alkanes) is 1. The van der Waals surface area contributed by atoms with Crippen molar-refractivity contribution in [3.63, 3.8) is 0 Å². The molecule has 1 rings (SSSR count). The van der Waals surface area contributed by atoms with E-state index >= 15 is 0 Å². The molecule has 2 amide bonds. The summed E-state index contributed by atoms with van der Waals surface area (Å²) in [6, 6.07) is 7.28. The van der Waals surface area contributed by atoms with Crippen LogP contribution in [0.2, 0.25) is 0 Å². The van der Waals surface area contributed by atoms with Crippen molar-refractivity contribution in [2.75, 3.05) is 19.4 Å². The lowest BCUT2D eigenvalue weighted by atomic mass is 10.1. The summed E-state index contributed by atoms with van der Waals surface area (Å²) in [5, 5.41) is 5.45. The molecule has 0 saturated heterocycles. The molecule has 0 aliphatic rings. The van der Waals surface area contributed by atoms with E-state index in [0.29, 0.717) is 12.8 Å². The molecule has 5 heteroatoms. The molecular weight excluding hydrogens is 266 g/mol. The first-order valence-corrected chi connectivity index (χ1v) is 7.31. The van der Waals surface area contributed by atoms with Gasteiger partial charge in [0.15, 0.2) is 0 Å². The maximum Gasteiger partial charge on any atom is 0.246 e. The van der Waals surface area contributed by atoms with Crippen molar-refractivity contribution in [1.29, 1.82) is 0 Å². The summed E-state index contributed by atoms with van der Waals surface area (Å²) in [4.78, 5) is 24.9. The van der Waals surface area contributed by atoms with Gasteiger partial charge in [0.05, 0.1) is 0 Å². The van der Waals surface area contributed by atoms with Gasteiger partial charge in [-0.15, -0.1) is 0 Å². The van der Waals surface area contributed by atoms with E-state index in [4.69, 9.17) is 0 Å². The number of hydrogen-bond acceptors (Lipinski definition) is 3. The smallest absolute Gasteiger partial charge is 0.246 e.